The lowest BCUT2D eigenvalue weighted by Crippen LogP contribution is -2.41. The van der Waals surface area contributed by atoms with Crippen LogP contribution >= 0.6 is 0 Å². The third kappa shape index (κ3) is 5.23. The van der Waals surface area contributed by atoms with E-state index in [1.165, 1.54) is 0 Å². The molecule has 1 fully saturated rings. The molecule has 0 aliphatic carbocycles. The molecule has 0 saturated carbocycles. The summed E-state index contributed by atoms with van der Waals surface area (Å²) in [6, 6.07) is 8.68. The van der Waals surface area contributed by atoms with Crippen LogP contribution in [0.3, 0.4) is 0 Å². The standard InChI is InChI=1S/C22H27N5O3/c1-13(2)9-15(11-19(28)20-26-17-5-3-4-6-18(17)27-20)22(30)25-16(12-23)10-14-7-8-24-21(14)29/h3-6,13-16H,7-11H2,1-2H3,(H,24,29)(H,25,30)(H,26,27). The van der Waals surface area contributed by atoms with Gasteiger partial charge in [0.05, 0.1) is 17.1 Å². The van der Waals surface area contributed by atoms with Crippen LogP contribution in [-0.4, -0.2) is 40.2 Å². The molecule has 8 nitrogen and oxygen atoms in total. The second-order valence-electron chi connectivity index (χ2n) is 8.26. The number of Topliss-reactive ketones (excluding diaryl/α,β-unsaturated/α-hetero) is 1. The summed E-state index contributed by atoms with van der Waals surface area (Å²) in [4.78, 5) is 44.8. The summed E-state index contributed by atoms with van der Waals surface area (Å²) in [5.41, 5.74) is 1.47. The lowest BCUT2D eigenvalue weighted by Gasteiger charge is -2.21. The predicted molar refractivity (Wildman–Crippen MR) is 111 cm³/mol. The highest BCUT2D eigenvalue weighted by molar-refractivity contribution is 5.98. The molecule has 1 aliphatic heterocycles. The first-order valence-corrected chi connectivity index (χ1v) is 10.3. The van der Waals surface area contributed by atoms with Gasteiger partial charge in [0.1, 0.15) is 6.04 Å². The van der Waals surface area contributed by atoms with Crippen molar-refractivity contribution in [2.24, 2.45) is 17.8 Å². The zero-order valence-electron chi connectivity index (χ0n) is 17.3. The molecule has 2 heterocycles. The normalized spacial score (nSPS) is 18.1. The lowest BCUT2D eigenvalue weighted by atomic mass is 9.90. The van der Waals surface area contributed by atoms with Gasteiger partial charge in [-0.1, -0.05) is 26.0 Å². The molecule has 0 radical (unpaired) electrons. The molecule has 1 aliphatic rings. The van der Waals surface area contributed by atoms with E-state index in [9.17, 15) is 19.6 Å². The fraction of sp³-hybridized carbons (Fsp3) is 0.500. The monoisotopic (exact) mass is 409 g/mol. The predicted octanol–water partition coefficient (Wildman–Crippen LogP) is 2.33. The van der Waals surface area contributed by atoms with Crippen LogP contribution in [0.5, 0.6) is 0 Å². The molecule has 2 amide bonds. The van der Waals surface area contributed by atoms with E-state index in [2.05, 4.69) is 26.7 Å². The number of nitriles is 1. The summed E-state index contributed by atoms with van der Waals surface area (Å²) < 4.78 is 0. The molecule has 3 unspecified atom stereocenters. The molecule has 30 heavy (non-hydrogen) atoms. The van der Waals surface area contributed by atoms with Crippen LogP contribution in [0.15, 0.2) is 24.3 Å². The van der Waals surface area contributed by atoms with Gasteiger partial charge in [0.15, 0.2) is 11.6 Å². The van der Waals surface area contributed by atoms with Crippen molar-refractivity contribution in [1.82, 2.24) is 20.6 Å². The average Bonchev–Trinajstić information content (AvgIpc) is 3.32. The maximum absolute atomic E-state index is 12.9. The van der Waals surface area contributed by atoms with Crippen molar-refractivity contribution in [2.45, 2.75) is 45.6 Å². The third-order valence-electron chi connectivity index (χ3n) is 5.37. The summed E-state index contributed by atoms with van der Waals surface area (Å²) in [5, 5.41) is 14.9. The van der Waals surface area contributed by atoms with Gasteiger partial charge in [0.2, 0.25) is 11.8 Å². The number of benzene rings is 1. The molecular weight excluding hydrogens is 382 g/mol. The van der Waals surface area contributed by atoms with Crippen LogP contribution in [0.25, 0.3) is 11.0 Å². The number of aromatic nitrogens is 2. The van der Waals surface area contributed by atoms with Crippen LogP contribution in [0, 0.1) is 29.1 Å². The number of hydrogen-bond donors (Lipinski definition) is 3. The molecule has 1 saturated heterocycles. The van der Waals surface area contributed by atoms with Crippen molar-refractivity contribution >= 4 is 28.6 Å². The number of rotatable bonds is 9. The molecule has 1 aromatic heterocycles. The van der Waals surface area contributed by atoms with Gasteiger partial charge in [0.25, 0.3) is 0 Å². The highest BCUT2D eigenvalue weighted by Gasteiger charge is 2.30. The second-order valence-corrected chi connectivity index (χ2v) is 8.26. The summed E-state index contributed by atoms with van der Waals surface area (Å²) in [5.74, 6) is -1.06. The first-order chi connectivity index (χ1) is 14.4. The minimum Gasteiger partial charge on any atom is -0.356 e. The van der Waals surface area contributed by atoms with Crippen LogP contribution in [0.2, 0.25) is 0 Å². The number of carbonyl (C=O) groups excluding carboxylic acids is 3. The Morgan fingerprint density at radius 3 is 2.73 bits per heavy atom. The Kier molecular flexibility index (Phi) is 6.83. The molecule has 0 spiro atoms. The third-order valence-corrected chi connectivity index (χ3v) is 5.37. The summed E-state index contributed by atoms with van der Waals surface area (Å²) in [7, 11) is 0. The summed E-state index contributed by atoms with van der Waals surface area (Å²) >= 11 is 0. The van der Waals surface area contributed by atoms with Gasteiger partial charge in [-0.25, -0.2) is 4.98 Å². The SMILES string of the molecule is CC(C)CC(CC(=O)c1nc2ccccc2[nH]1)C(=O)NC(C#N)CC1CCNC1=O. The molecule has 1 aromatic carbocycles. The van der Waals surface area contributed by atoms with Crippen LogP contribution < -0.4 is 10.6 Å². The van der Waals surface area contributed by atoms with Gasteiger partial charge in [-0.3, -0.25) is 14.4 Å². The molecule has 8 heteroatoms. The van der Waals surface area contributed by atoms with E-state index in [-0.39, 0.29) is 48.1 Å². The van der Waals surface area contributed by atoms with E-state index in [0.29, 0.717) is 24.9 Å². The molecule has 2 aromatic rings. The van der Waals surface area contributed by atoms with E-state index < -0.39 is 12.0 Å². The maximum atomic E-state index is 12.9. The number of imidazole rings is 1. The van der Waals surface area contributed by atoms with Gasteiger partial charge >= 0.3 is 0 Å². The molecule has 3 atom stereocenters. The Morgan fingerprint density at radius 1 is 1.33 bits per heavy atom. The molecule has 3 rings (SSSR count). The highest BCUT2D eigenvalue weighted by Crippen LogP contribution is 2.21. The van der Waals surface area contributed by atoms with Gasteiger partial charge < -0.3 is 15.6 Å². The Labute approximate surface area is 175 Å². The number of fused-ring (bicyclic) bond motifs is 1. The Hall–Kier alpha value is -3.21. The number of ketones is 1. The zero-order chi connectivity index (χ0) is 21.7. The fourth-order valence-electron chi connectivity index (χ4n) is 3.85. The van der Waals surface area contributed by atoms with Gasteiger partial charge in [-0.15, -0.1) is 0 Å². The van der Waals surface area contributed by atoms with Crippen molar-refractivity contribution in [3.8, 4) is 6.07 Å². The number of carbonyl (C=O) groups is 3. The molecule has 3 N–H and O–H groups in total. The number of hydrogen-bond acceptors (Lipinski definition) is 5. The summed E-state index contributed by atoms with van der Waals surface area (Å²) in [6.45, 7) is 4.56. The van der Waals surface area contributed by atoms with Crippen LogP contribution in [0.1, 0.15) is 50.1 Å². The summed E-state index contributed by atoms with van der Waals surface area (Å²) in [6.07, 6.45) is 1.46. The minimum absolute atomic E-state index is 0.00585. The van der Waals surface area contributed by atoms with E-state index in [1.54, 1.807) is 0 Å². The molecule has 0 bridgehead atoms. The van der Waals surface area contributed by atoms with Gasteiger partial charge in [-0.05, 0) is 37.3 Å². The van der Waals surface area contributed by atoms with Crippen molar-refractivity contribution < 1.29 is 14.4 Å². The van der Waals surface area contributed by atoms with Crippen molar-refractivity contribution in [3.63, 3.8) is 0 Å². The number of amides is 2. The van der Waals surface area contributed by atoms with Gasteiger partial charge in [0, 0.05) is 24.8 Å². The number of aromatic amines is 1. The van der Waals surface area contributed by atoms with E-state index >= 15 is 0 Å². The zero-order valence-corrected chi connectivity index (χ0v) is 17.3. The number of nitrogens with zero attached hydrogens (tertiary/aromatic N) is 2. The lowest BCUT2D eigenvalue weighted by molar-refractivity contribution is -0.127. The van der Waals surface area contributed by atoms with Crippen LogP contribution in [0.4, 0.5) is 0 Å². The molecular formula is C22H27N5O3. The minimum atomic E-state index is -0.762. The smallest absolute Gasteiger partial charge is 0.224 e. The number of para-hydroxylation sites is 2. The highest BCUT2D eigenvalue weighted by atomic mass is 16.2. The van der Waals surface area contributed by atoms with Crippen molar-refractivity contribution in [1.29, 1.82) is 5.26 Å². The largest absolute Gasteiger partial charge is 0.356 e. The Bertz CT molecular complexity index is 942. The number of H-pyrrole nitrogens is 1. The topological polar surface area (TPSA) is 128 Å². The maximum Gasteiger partial charge on any atom is 0.224 e. The van der Waals surface area contributed by atoms with Crippen molar-refractivity contribution in [2.75, 3.05) is 6.54 Å². The second kappa shape index (κ2) is 9.53. The Morgan fingerprint density at radius 2 is 2.10 bits per heavy atom. The van der Waals surface area contributed by atoms with E-state index in [4.69, 9.17) is 0 Å². The van der Waals surface area contributed by atoms with Gasteiger partial charge in [-0.2, -0.15) is 5.26 Å². The first kappa shape index (κ1) is 21.5. The Balaban J connectivity index is 1.67. The van der Waals surface area contributed by atoms with Crippen LogP contribution in [-0.2, 0) is 9.59 Å². The van der Waals surface area contributed by atoms with Crippen molar-refractivity contribution in [3.05, 3.63) is 30.1 Å². The molecule has 158 valence electrons. The fourth-order valence-corrected chi connectivity index (χ4v) is 3.85. The average molecular weight is 409 g/mol. The van der Waals surface area contributed by atoms with E-state index in [0.717, 1.165) is 5.52 Å². The first-order valence-electron chi connectivity index (χ1n) is 10.3. The quantitative estimate of drug-likeness (QED) is 0.548. The number of nitrogens with one attached hydrogen (secondary N) is 3. The van der Waals surface area contributed by atoms with E-state index in [1.807, 2.05) is 38.1 Å².